The highest BCUT2D eigenvalue weighted by atomic mass is 127. The molecule has 3 nitrogen and oxygen atoms in total. The van der Waals surface area contributed by atoms with Gasteiger partial charge in [0.1, 0.15) is 0 Å². The Morgan fingerprint density at radius 1 is 1.42 bits per heavy atom. The molecule has 1 heterocycles. The summed E-state index contributed by atoms with van der Waals surface area (Å²) in [6.07, 6.45) is 1.79. The van der Waals surface area contributed by atoms with Gasteiger partial charge in [-0.1, -0.05) is 0 Å². The highest BCUT2D eigenvalue weighted by Gasteiger charge is 2.24. The van der Waals surface area contributed by atoms with Crippen LogP contribution in [0.4, 0.5) is 0 Å². The van der Waals surface area contributed by atoms with Crippen LogP contribution in [0.3, 0.4) is 0 Å². The van der Waals surface area contributed by atoms with E-state index in [0.717, 1.165) is 30.5 Å². The molecule has 72 valence electrons. The molecule has 12 heavy (non-hydrogen) atoms. The Morgan fingerprint density at radius 3 is 2.33 bits per heavy atom. The Bertz CT molecular complexity index is 165. The largest absolute Gasteiger partial charge is 1.00 e. The Balaban J connectivity index is 0.00000121. The molecule has 0 spiro atoms. The fourth-order valence-corrected chi connectivity index (χ4v) is 1.37. The van der Waals surface area contributed by atoms with Crippen molar-refractivity contribution in [2.45, 2.75) is 12.8 Å². The molecule has 0 radical (unpaired) electrons. The summed E-state index contributed by atoms with van der Waals surface area (Å²) >= 11 is 0. The Hall–Kier alpha value is 0.160. The van der Waals surface area contributed by atoms with Crippen LogP contribution < -0.4 is 24.0 Å². The minimum Gasteiger partial charge on any atom is -1.00 e. The van der Waals surface area contributed by atoms with Crippen molar-refractivity contribution in [2.24, 2.45) is 0 Å². The van der Waals surface area contributed by atoms with E-state index in [2.05, 4.69) is 21.1 Å². The van der Waals surface area contributed by atoms with E-state index >= 15 is 0 Å². The van der Waals surface area contributed by atoms with Crippen molar-refractivity contribution in [1.82, 2.24) is 4.90 Å². The standard InChI is InChI=1S/C8H17N2O.HI/c1-10(2,3)7-9-6-4-5-8(9)11;/h4-7H2,1-3H3;1H/q+1;/p-1. The smallest absolute Gasteiger partial charge is 0.226 e. The monoisotopic (exact) mass is 284 g/mol. The number of hydrogen-bond donors (Lipinski definition) is 0. The lowest BCUT2D eigenvalue weighted by molar-refractivity contribution is -0.879. The van der Waals surface area contributed by atoms with Gasteiger partial charge in [0.2, 0.25) is 5.91 Å². The van der Waals surface area contributed by atoms with Crippen LogP contribution in [-0.4, -0.2) is 49.6 Å². The van der Waals surface area contributed by atoms with Crippen LogP contribution in [0.2, 0.25) is 0 Å². The topological polar surface area (TPSA) is 20.3 Å². The zero-order valence-corrected chi connectivity index (χ0v) is 10.2. The maximum atomic E-state index is 11.2. The predicted molar refractivity (Wildman–Crippen MR) is 43.8 cm³/mol. The number of carbonyl (C=O) groups excluding carboxylic acids is 1. The third kappa shape index (κ3) is 3.71. The molecule has 4 heteroatoms. The van der Waals surface area contributed by atoms with E-state index in [1.54, 1.807) is 0 Å². The van der Waals surface area contributed by atoms with Crippen LogP contribution >= 0.6 is 0 Å². The highest BCUT2D eigenvalue weighted by molar-refractivity contribution is 5.77. The molecule has 0 unspecified atom stereocenters. The number of halogens is 1. The minimum absolute atomic E-state index is 0. The SMILES string of the molecule is C[N+](C)(C)CN1CCCC1=O.[I-]. The van der Waals surface area contributed by atoms with Crippen molar-refractivity contribution < 1.29 is 33.3 Å². The van der Waals surface area contributed by atoms with Crippen molar-refractivity contribution in [1.29, 1.82) is 0 Å². The van der Waals surface area contributed by atoms with Crippen LogP contribution in [0.25, 0.3) is 0 Å². The summed E-state index contributed by atoms with van der Waals surface area (Å²) in [6.45, 7) is 1.80. The molecular formula is C8H17IN2O. The van der Waals surface area contributed by atoms with Gasteiger partial charge in [-0.3, -0.25) is 9.69 Å². The average Bonchev–Trinajstić information content (AvgIpc) is 2.12. The van der Waals surface area contributed by atoms with E-state index in [1.807, 2.05) is 4.90 Å². The van der Waals surface area contributed by atoms with Gasteiger partial charge >= 0.3 is 0 Å². The summed E-state index contributed by atoms with van der Waals surface area (Å²) in [5, 5.41) is 0. The molecule has 0 bridgehead atoms. The fourth-order valence-electron chi connectivity index (χ4n) is 1.37. The number of quaternary nitrogens is 1. The number of hydrogen-bond acceptors (Lipinski definition) is 1. The Morgan fingerprint density at radius 2 is 2.00 bits per heavy atom. The zero-order chi connectivity index (χ0) is 8.48. The lowest BCUT2D eigenvalue weighted by Crippen LogP contribution is -3.00. The van der Waals surface area contributed by atoms with Gasteiger partial charge in [-0.2, -0.15) is 0 Å². The van der Waals surface area contributed by atoms with E-state index in [4.69, 9.17) is 0 Å². The molecule has 0 saturated carbocycles. The predicted octanol–water partition coefficient (Wildman–Crippen LogP) is -2.72. The fraction of sp³-hybridized carbons (Fsp3) is 0.875. The first-order chi connectivity index (χ1) is 4.99. The Labute approximate surface area is 91.3 Å². The third-order valence-corrected chi connectivity index (χ3v) is 1.77. The molecule has 0 N–H and O–H groups in total. The maximum absolute atomic E-state index is 11.2. The Kier molecular flexibility index (Phi) is 4.47. The van der Waals surface area contributed by atoms with Gasteiger partial charge in [0.15, 0.2) is 6.67 Å². The molecule has 1 aliphatic rings. The molecule has 0 aliphatic carbocycles. The van der Waals surface area contributed by atoms with E-state index in [9.17, 15) is 4.79 Å². The van der Waals surface area contributed by atoms with Crippen LogP contribution in [-0.2, 0) is 4.79 Å². The molecule has 1 amide bonds. The summed E-state index contributed by atoms with van der Waals surface area (Å²) in [7, 11) is 6.31. The summed E-state index contributed by atoms with van der Waals surface area (Å²) < 4.78 is 0.839. The first-order valence-corrected chi connectivity index (χ1v) is 4.07. The number of amides is 1. The molecule has 1 aliphatic heterocycles. The minimum atomic E-state index is 0. The third-order valence-electron chi connectivity index (χ3n) is 1.77. The molecule has 0 atom stereocenters. The van der Waals surface area contributed by atoms with Crippen LogP contribution in [0, 0.1) is 0 Å². The molecule has 1 fully saturated rings. The van der Waals surface area contributed by atoms with Gasteiger partial charge in [0, 0.05) is 13.0 Å². The van der Waals surface area contributed by atoms with E-state index < -0.39 is 0 Å². The van der Waals surface area contributed by atoms with E-state index in [1.165, 1.54) is 0 Å². The normalized spacial score (nSPS) is 17.9. The van der Waals surface area contributed by atoms with Gasteiger partial charge in [-0.25, -0.2) is 0 Å². The lowest BCUT2D eigenvalue weighted by atomic mass is 10.4. The van der Waals surface area contributed by atoms with E-state index in [-0.39, 0.29) is 24.0 Å². The van der Waals surface area contributed by atoms with Gasteiger partial charge in [0.25, 0.3) is 0 Å². The quantitative estimate of drug-likeness (QED) is 0.398. The summed E-state index contributed by atoms with van der Waals surface area (Å²) in [6, 6.07) is 0. The van der Waals surface area contributed by atoms with Crippen molar-refractivity contribution >= 4 is 5.91 Å². The molecule has 1 saturated heterocycles. The van der Waals surface area contributed by atoms with Gasteiger partial charge in [-0.05, 0) is 6.42 Å². The molecule has 0 aromatic heterocycles. The molecular weight excluding hydrogens is 267 g/mol. The van der Waals surface area contributed by atoms with Gasteiger partial charge in [-0.15, -0.1) is 0 Å². The highest BCUT2D eigenvalue weighted by Crippen LogP contribution is 2.10. The second kappa shape index (κ2) is 4.41. The van der Waals surface area contributed by atoms with Gasteiger partial charge in [0.05, 0.1) is 21.1 Å². The van der Waals surface area contributed by atoms with Crippen molar-refractivity contribution in [3.05, 3.63) is 0 Å². The molecule has 0 aromatic rings. The average molecular weight is 284 g/mol. The summed E-state index contributed by atoms with van der Waals surface area (Å²) in [5.74, 6) is 0.318. The summed E-state index contributed by atoms with van der Waals surface area (Å²) in [4.78, 5) is 13.1. The second-order valence-electron chi connectivity index (χ2n) is 4.19. The van der Waals surface area contributed by atoms with Gasteiger partial charge < -0.3 is 28.5 Å². The van der Waals surface area contributed by atoms with Crippen LogP contribution in [0.5, 0.6) is 0 Å². The second-order valence-corrected chi connectivity index (χ2v) is 4.19. The van der Waals surface area contributed by atoms with Crippen LogP contribution in [0.1, 0.15) is 12.8 Å². The first-order valence-electron chi connectivity index (χ1n) is 4.07. The number of carbonyl (C=O) groups is 1. The van der Waals surface area contributed by atoms with E-state index in [0.29, 0.717) is 5.91 Å². The number of rotatable bonds is 2. The van der Waals surface area contributed by atoms with Crippen molar-refractivity contribution in [3.63, 3.8) is 0 Å². The summed E-state index contributed by atoms with van der Waals surface area (Å²) in [5.41, 5.74) is 0. The number of nitrogens with zero attached hydrogens (tertiary/aromatic N) is 2. The lowest BCUT2D eigenvalue weighted by Gasteiger charge is -2.29. The van der Waals surface area contributed by atoms with Crippen molar-refractivity contribution in [3.8, 4) is 0 Å². The maximum Gasteiger partial charge on any atom is 0.226 e. The van der Waals surface area contributed by atoms with Crippen molar-refractivity contribution in [2.75, 3.05) is 34.4 Å². The molecule has 0 aromatic carbocycles. The number of likely N-dealkylation sites (tertiary alicyclic amines) is 1. The zero-order valence-electron chi connectivity index (χ0n) is 8.01. The first kappa shape index (κ1) is 12.2. The van der Waals surface area contributed by atoms with Crippen LogP contribution in [0.15, 0.2) is 0 Å². The molecule has 1 rings (SSSR count).